The Balaban J connectivity index is 1.73. The molecule has 2 aromatic rings. The van der Waals surface area contributed by atoms with E-state index in [9.17, 15) is 9.90 Å². The molecule has 0 aliphatic carbocycles. The van der Waals surface area contributed by atoms with Gasteiger partial charge in [-0.2, -0.15) is 0 Å². The first-order valence-electron chi connectivity index (χ1n) is 7.32. The van der Waals surface area contributed by atoms with Crippen LogP contribution in [0.5, 0.6) is 5.75 Å². The standard InChI is InChI=1S/C17H19NO3/c19-16-14-4-2-1-3-13(14)5-6-15(16)17(20)18-11-12-7-9-21-10-8-12/h1-6,12,19H,7-11H2,(H,18,20). The number of carbonyl (C=O) groups excluding carboxylic acids is 1. The molecule has 0 unspecified atom stereocenters. The van der Waals surface area contributed by atoms with Gasteiger partial charge in [0.15, 0.2) is 0 Å². The maximum atomic E-state index is 12.2. The van der Waals surface area contributed by atoms with Gasteiger partial charge in [-0.25, -0.2) is 0 Å². The Morgan fingerprint density at radius 2 is 1.95 bits per heavy atom. The summed E-state index contributed by atoms with van der Waals surface area (Å²) in [6.07, 6.45) is 1.95. The third kappa shape index (κ3) is 3.00. The Bertz CT molecular complexity index is 648. The highest BCUT2D eigenvalue weighted by atomic mass is 16.5. The van der Waals surface area contributed by atoms with Crippen LogP contribution in [0.4, 0.5) is 0 Å². The molecule has 21 heavy (non-hydrogen) atoms. The third-order valence-corrected chi connectivity index (χ3v) is 4.04. The van der Waals surface area contributed by atoms with Crippen LogP contribution in [0.25, 0.3) is 10.8 Å². The number of ether oxygens (including phenoxy) is 1. The molecule has 0 atom stereocenters. The van der Waals surface area contributed by atoms with Crippen LogP contribution in [0.2, 0.25) is 0 Å². The molecule has 1 aliphatic rings. The van der Waals surface area contributed by atoms with Crippen LogP contribution in [0.3, 0.4) is 0 Å². The summed E-state index contributed by atoms with van der Waals surface area (Å²) in [6, 6.07) is 11.0. The minimum atomic E-state index is -0.218. The van der Waals surface area contributed by atoms with Crippen molar-refractivity contribution in [3.8, 4) is 5.75 Å². The quantitative estimate of drug-likeness (QED) is 0.911. The first-order valence-corrected chi connectivity index (χ1v) is 7.32. The summed E-state index contributed by atoms with van der Waals surface area (Å²) in [5.74, 6) is 0.299. The summed E-state index contributed by atoms with van der Waals surface area (Å²) < 4.78 is 5.31. The maximum Gasteiger partial charge on any atom is 0.255 e. The van der Waals surface area contributed by atoms with Crippen molar-refractivity contribution in [3.05, 3.63) is 42.0 Å². The van der Waals surface area contributed by atoms with Gasteiger partial charge in [0.25, 0.3) is 5.91 Å². The minimum absolute atomic E-state index is 0.0533. The molecule has 0 aromatic heterocycles. The van der Waals surface area contributed by atoms with Crippen molar-refractivity contribution in [2.45, 2.75) is 12.8 Å². The fourth-order valence-electron chi connectivity index (χ4n) is 2.72. The largest absolute Gasteiger partial charge is 0.506 e. The molecule has 0 bridgehead atoms. The van der Waals surface area contributed by atoms with Gasteiger partial charge in [0.1, 0.15) is 5.75 Å². The van der Waals surface area contributed by atoms with Gasteiger partial charge in [-0.1, -0.05) is 30.3 Å². The molecular formula is C17H19NO3. The number of phenolic OH excluding ortho intramolecular Hbond substituents is 1. The molecule has 1 heterocycles. The lowest BCUT2D eigenvalue weighted by Crippen LogP contribution is -2.32. The van der Waals surface area contributed by atoms with Crippen LogP contribution in [0.15, 0.2) is 36.4 Å². The van der Waals surface area contributed by atoms with Gasteiger partial charge >= 0.3 is 0 Å². The smallest absolute Gasteiger partial charge is 0.255 e. The SMILES string of the molecule is O=C(NCC1CCOCC1)c1ccc2ccccc2c1O. The van der Waals surface area contributed by atoms with E-state index in [1.165, 1.54) is 0 Å². The Hall–Kier alpha value is -2.07. The predicted octanol–water partition coefficient (Wildman–Crippen LogP) is 2.70. The predicted molar refractivity (Wildman–Crippen MR) is 81.5 cm³/mol. The number of aromatic hydroxyl groups is 1. The Labute approximate surface area is 123 Å². The molecule has 110 valence electrons. The first-order chi connectivity index (χ1) is 10.3. The summed E-state index contributed by atoms with van der Waals surface area (Å²) in [5.41, 5.74) is 0.334. The summed E-state index contributed by atoms with van der Waals surface area (Å²) in [7, 11) is 0. The van der Waals surface area contributed by atoms with Crippen molar-refractivity contribution in [1.29, 1.82) is 0 Å². The van der Waals surface area contributed by atoms with Crippen molar-refractivity contribution in [1.82, 2.24) is 5.32 Å². The summed E-state index contributed by atoms with van der Waals surface area (Å²) in [6.45, 7) is 2.16. The van der Waals surface area contributed by atoms with E-state index in [2.05, 4.69) is 5.32 Å². The zero-order valence-electron chi connectivity index (χ0n) is 11.8. The number of rotatable bonds is 3. The second-order valence-corrected chi connectivity index (χ2v) is 5.45. The number of hydrogen-bond acceptors (Lipinski definition) is 3. The van der Waals surface area contributed by atoms with Crippen LogP contribution < -0.4 is 5.32 Å². The molecular weight excluding hydrogens is 266 g/mol. The monoisotopic (exact) mass is 285 g/mol. The lowest BCUT2D eigenvalue weighted by Gasteiger charge is -2.22. The van der Waals surface area contributed by atoms with E-state index in [0.29, 0.717) is 23.4 Å². The van der Waals surface area contributed by atoms with Crippen molar-refractivity contribution in [2.24, 2.45) is 5.92 Å². The number of carbonyl (C=O) groups is 1. The van der Waals surface area contributed by atoms with Gasteiger partial charge in [0.05, 0.1) is 5.56 Å². The second-order valence-electron chi connectivity index (χ2n) is 5.45. The van der Waals surface area contributed by atoms with Gasteiger partial charge in [-0.3, -0.25) is 4.79 Å². The highest BCUT2D eigenvalue weighted by molar-refractivity contribution is 6.03. The zero-order chi connectivity index (χ0) is 14.7. The van der Waals surface area contributed by atoms with Gasteiger partial charge in [-0.15, -0.1) is 0 Å². The molecule has 2 aromatic carbocycles. The normalized spacial score (nSPS) is 16.0. The number of fused-ring (bicyclic) bond motifs is 1. The average molecular weight is 285 g/mol. The van der Waals surface area contributed by atoms with E-state index in [1.54, 1.807) is 6.07 Å². The Kier molecular flexibility index (Phi) is 4.06. The van der Waals surface area contributed by atoms with Crippen molar-refractivity contribution in [3.63, 3.8) is 0 Å². The van der Waals surface area contributed by atoms with E-state index in [0.717, 1.165) is 31.4 Å². The number of phenols is 1. The molecule has 2 N–H and O–H groups in total. The summed E-state index contributed by atoms with van der Waals surface area (Å²) >= 11 is 0. The average Bonchev–Trinajstić information content (AvgIpc) is 2.54. The second kappa shape index (κ2) is 6.14. The molecule has 0 radical (unpaired) electrons. The third-order valence-electron chi connectivity index (χ3n) is 4.04. The van der Waals surface area contributed by atoms with Crippen LogP contribution in [0, 0.1) is 5.92 Å². The summed E-state index contributed by atoms with van der Waals surface area (Å²) in [5, 5.41) is 14.8. The molecule has 1 fully saturated rings. The van der Waals surface area contributed by atoms with Crippen molar-refractivity contribution >= 4 is 16.7 Å². The molecule has 3 rings (SSSR count). The number of benzene rings is 2. The Morgan fingerprint density at radius 1 is 1.19 bits per heavy atom. The van der Waals surface area contributed by atoms with Crippen LogP contribution >= 0.6 is 0 Å². The fourth-order valence-corrected chi connectivity index (χ4v) is 2.72. The van der Waals surface area contributed by atoms with E-state index in [1.807, 2.05) is 30.3 Å². The van der Waals surface area contributed by atoms with E-state index in [-0.39, 0.29) is 11.7 Å². The van der Waals surface area contributed by atoms with Crippen molar-refractivity contribution < 1.29 is 14.6 Å². The Morgan fingerprint density at radius 3 is 2.76 bits per heavy atom. The summed E-state index contributed by atoms with van der Waals surface area (Å²) in [4.78, 5) is 12.2. The molecule has 4 nitrogen and oxygen atoms in total. The van der Waals surface area contributed by atoms with Crippen molar-refractivity contribution in [2.75, 3.05) is 19.8 Å². The highest BCUT2D eigenvalue weighted by Gasteiger charge is 2.17. The first kappa shape index (κ1) is 13.9. The minimum Gasteiger partial charge on any atom is -0.506 e. The van der Waals surface area contributed by atoms with Gasteiger partial charge in [0, 0.05) is 25.1 Å². The molecule has 4 heteroatoms. The van der Waals surface area contributed by atoms with Crippen LogP contribution in [-0.2, 0) is 4.74 Å². The fraction of sp³-hybridized carbons (Fsp3) is 0.353. The van der Waals surface area contributed by atoms with Gasteiger partial charge < -0.3 is 15.2 Å². The number of nitrogens with one attached hydrogen (secondary N) is 1. The molecule has 1 amide bonds. The van der Waals surface area contributed by atoms with Crippen LogP contribution in [0.1, 0.15) is 23.2 Å². The van der Waals surface area contributed by atoms with Gasteiger partial charge in [-0.05, 0) is 30.2 Å². The van der Waals surface area contributed by atoms with E-state index >= 15 is 0 Å². The molecule has 0 spiro atoms. The molecule has 1 aliphatic heterocycles. The number of hydrogen-bond donors (Lipinski definition) is 2. The lowest BCUT2D eigenvalue weighted by molar-refractivity contribution is 0.0642. The van der Waals surface area contributed by atoms with Crippen LogP contribution in [-0.4, -0.2) is 30.8 Å². The van der Waals surface area contributed by atoms with Gasteiger partial charge in [0.2, 0.25) is 0 Å². The van der Waals surface area contributed by atoms with E-state index in [4.69, 9.17) is 4.74 Å². The van der Waals surface area contributed by atoms with E-state index < -0.39 is 0 Å². The highest BCUT2D eigenvalue weighted by Crippen LogP contribution is 2.28. The molecule has 1 saturated heterocycles. The lowest BCUT2D eigenvalue weighted by atomic mass is 10.00. The zero-order valence-corrected chi connectivity index (χ0v) is 11.8. The maximum absolute atomic E-state index is 12.2. The molecule has 0 saturated carbocycles. The number of amides is 1. The topological polar surface area (TPSA) is 58.6 Å².